The zero-order valence-electron chi connectivity index (χ0n) is 12.2. The Hall–Kier alpha value is -0.0600. The molecule has 1 atom stereocenters. The van der Waals surface area contributed by atoms with Gasteiger partial charge in [-0.3, -0.25) is 0 Å². The van der Waals surface area contributed by atoms with Crippen LogP contribution in [0.1, 0.15) is 44.6 Å². The van der Waals surface area contributed by atoms with Gasteiger partial charge in [0.15, 0.2) is 0 Å². The molecule has 0 heterocycles. The van der Waals surface area contributed by atoms with Crippen LogP contribution in [0, 0.1) is 5.92 Å². The summed E-state index contributed by atoms with van der Waals surface area (Å²) in [4.78, 5) is 0. The summed E-state index contributed by atoms with van der Waals surface area (Å²) in [7, 11) is 1.72. The highest BCUT2D eigenvalue weighted by molar-refractivity contribution is 9.11. The van der Waals surface area contributed by atoms with E-state index in [4.69, 9.17) is 4.74 Å². The second-order valence-corrected chi connectivity index (χ2v) is 7.42. The Morgan fingerprint density at radius 3 is 2.60 bits per heavy atom. The normalized spacial score (nSPS) is 18.0. The van der Waals surface area contributed by atoms with Gasteiger partial charge in [0.05, 0.1) is 11.6 Å². The van der Waals surface area contributed by atoms with Crippen LogP contribution < -0.4 is 10.1 Å². The van der Waals surface area contributed by atoms with Gasteiger partial charge in [-0.2, -0.15) is 0 Å². The van der Waals surface area contributed by atoms with Crippen LogP contribution in [0.15, 0.2) is 21.1 Å². The molecule has 2 nitrogen and oxygen atoms in total. The van der Waals surface area contributed by atoms with Crippen molar-refractivity contribution in [3.05, 3.63) is 26.6 Å². The standard InChI is InChI=1S/C16H23Br2NO/c1-11(12-6-4-3-5-7-12)19-10-13-8-14(17)9-15(18)16(13)20-2/h8-9,11-12,19H,3-7,10H2,1-2H3/t11-/m1/s1. The zero-order valence-corrected chi connectivity index (χ0v) is 15.4. The molecule has 4 heteroatoms. The fourth-order valence-electron chi connectivity index (χ4n) is 3.05. The molecule has 0 amide bonds. The minimum absolute atomic E-state index is 0.567. The topological polar surface area (TPSA) is 21.3 Å². The van der Waals surface area contributed by atoms with Crippen molar-refractivity contribution >= 4 is 31.9 Å². The molecule has 1 aliphatic carbocycles. The number of rotatable bonds is 5. The first-order valence-corrected chi connectivity index (χ1v) is 8.95. The third kappa shape index (κ3) is 4.22. The van der Waals surface area contributed by atoms with Gasteiger partial charge in [0.1, 0.15) is 5.75 Å². The van der Waals surface area contributed by atoms with Crippen molar-refractivity contribution in [3.63, 3.8) is 0 Å². The van der Waals surface area contributed by atoms with Gasteiger partial charge in [0.2, 0.25) is 0 Å². The van der Waals surface area contributed by atoms with E-state index in [-0.39, 0.29) is 0 Å². The van der Waals surface area contributed by atoms with E-state index in [0.717, 1.165) is 27.2 Å². The summed E-state index contributed by atoms with van der Waals surface area (Å²) in [5, 5.41) is 3.68. The van der Waals surface area contributed by atoms with Crippen LogP contribution in [-0.2, 0) is 6.54 Å². The number of halogens is 2. The van der Waals surface area contributed by atoms with Crippen molar-refractivity contribution in [2.45, 2.75) is 51.6 Å². The van der Waals surface area contributed by atoms with Gasteiger partial charge < -0.3 is 10.1 Å². The van der Waals surface area contributed by atoms with Gasteiger partial charge in [-0.25, -0.2) is 0 Å². The number of nitrogens with one attached hydrogen (secondary N) is 1. The van der Waals surface area contributed by atoms with E-state index in [2.05, 4.69) is 50.2 Å². The highest BCUT2D eigenvalue weighted by Crippen LogP contribution is 2.33. The molecule has 0 spiro atoms. The predicted molar refractivity (Wildman–Crippen MR) is 91.3 cm³/mol. The highest BCUT2D eigenvalue weighted by atomic mass is 79.9. The summed E-state index contributed by atoms with van der Waals surface area (Å²) in [5.74, 6) is 1.75. The lowest BCUT2D eigenvalue weighted by molar-refractivity contribution is 0.279. The summed E-state index contributed by atoms with van der Waals surface area (Å²) < 4.78 is 7.57. The molecular weight excluding hydrogens is 382 g/mol. The van der Waals surface area contributed by atoms with Crippen molar-refractivity contribution in [1.29, 1.82) is 0 Å². The molecule has 0 saturated heterocycles. The monoisotopic (exact) mass is 403 g/mol. The molecule has 1 aromatic rings. The molecule has 112 valence electrons. The maximum absolute atomic E-state index is 5.50. The molecule has 1 N–H and O–H groups in total. The fraction of sp³-hybridized carbons (Fsp3) is 0.625. The molecule has 1 saturated carbocycles. The van der Waals surface area contributed by atoms with Gasteiger partial charge in [-0.15, -0.1) is 0 Å². The summed E-state index contributed by atoms with van der Waals surface area (Å²) in [6, 6.07) is 4.72. The molecule has 0 radical (unpaired) electrons. The SMILES string of the molecule is COc1c(Br)cc(Br)cc1CN[C@H](C)C1CCCCC1. The van der Waals surface area contributed by atoms with E-state index in [1.165, 1.54) is 37.7 Å². The van der Waals surface area contributed by atoms with E-state index in [9.17, 15) is 0 Å². The molecule has 20 heavy (non-hydrogen) atoms. The lowest BCUT2D eigenvalue weighted by atomic mass is 9.84. The number of hydrogen-bond acceptors (Lipinski definition) is 2. The largest absolute Gasteiger partial charge is 0.495 e. The molecule has 1 aliphatic rings. The minimum atomic E-state index is 0.567. The van der Waals surface area contributed by atoms with Gasteiger partial charge in [-0.05, 0) is 53.7 Å². The van der Waals surface area contributed by atoms with Crippen LogP contribution in [0.2, 0.25) is 0 Å². The van der Waals surface area contributed by atoms with E-state index in [0.29, 0.717) is 6.04 Å². The average Bonchev–Trinajstić information content (AvgIpc) is 2.45. The van der Waals surface area contributed by atoms with Crippen molar-refractivity contribution in [2.24, 2.45) is 5.92 Å². The van der Waals surface area contributed by atoms with Crippen molar-refractivity contribution < 1.29 is 4.74 Å². The number of benzene rings is 1. The van der Waals surface area contributed by atoms with Crippen molar-refractivity contribution in [2.75, 3.05) is 7.11 Å². The summed E-state index contributed by atoms with van der Waals surface area (Å²) in [6.07, 6.45) is 6.93. The van der Waals surface area contributed by atoms with Crippen molar-refractivity contribution in [3.8, 4) is 5.75 Å². The molecule has 0 aliphatic heterocycles. The maximum Gasteiger partial charge on any atom is 0.137 e. The Morgan fingerprint density at radius 1 is 1.25 bits per heavy atom. The summed E-state index contributed by atoms with van der Waals surface area (Å²) >= 11 is 7.11. The number of hydrogen-bond donors (Lipinski definition) is 1. The molecule has 0 aromatic heterocycles. The Kier molecular flexibility index (Phi) is 6.37. The van der Waals surface area contributed by atoms with Crippen LogP contribution >= 0.6 is 31.9 Å². The summed E-state index contributed by atoms with van der Waals surface area (Å²) in [6.45, 7) is 3.16. The Morgan fingerprint density at radius 2 is 1.95 bits per heavy atom. The van der Waals surface area contributed by atoms with Gasteiger partial charge in [0.25, 0.3) is 0 Å². The molecule has 1 aromatic carbocycles. The second kappa shape index (κ2) is 7.81. The Bertz CT molecular complexity index is 444. The fourth-order valence-corrected chi connectivity index (χ4v) is 4.52. The summed E-state index contributed by atoms with van der Waals surface area (Å²) in [5.41, 5.74) is 1.19. The minimum Gasteiger partial charge on any atom is -0.495 e. The van der Waals surface area contributed by atoms with Crippen LogP contribution in [0.25, 0.3) is 0 Å². The first kappa shape index (κ1) is 16.3. The highest BCUT2D eigenvalue weighted by Gasteiger charge is 2.20. The zero-order chi connectivity index (χ0) is 14.5. The van der Waals surface area contributed by atoms with Crippen LogP contribution in [0.3, 0.4) is 0 Å². The van der Waals surface area contributed by atoms with Gasteiger partial charge in [0, 0.05) is 22.6 Å². The number of methoxy groups -OCH3 is 1. The quantitative estimate of drug-likeness (QED) is 0.720. The number of ether oxygens (including phenoxy) is 1. The smallest absolute Gasteiger partial charge is 0.137 e. The first-order valence-electron chi connectivity index (χ1n) is 7.37. The van der Waals surface area contributed by atoms with E-state index in [1.54, 1.807) is 7.11 Å². The van der Waals surface area contributed by atoms with E-state index >= 15 is 0 Å². The van der Waals surface area contributed by atoms with Crippen LogP contribution in [0.4, 0.5) is 0 Å². The first-order chi connectivity index (χ1) is 9.61. The Labute approximate surface area is 138 Å². The molecule has 2 rings (SSSR count). The third-order valence-corrected chi connectivity index (χ3v) is 5.31. The Balaban J connectivity index is 1.99. The van der Waals surface area contributed by atoms with Crippen molar-refractivity contribution in [1.82, 2.24) is 5.32 Å². The lowest BCUT2D eigenvalue weighted by Crippen LogP contribution is -2.34. The van der Waals surface area contributed by atoms with Crippen LogP contribution in [0.5, 0.6) is 5.75 Å². The van der Waals surface area contributed by atoms with Crippen LogP contribution in [-0.4, -0.2) is 13.2 Å². The lowest BCUT2D eigenvalue weighted by Gasteiger charge is -2.28. The molecular formula is C16H23Br2NO. The second-order valence-electron chi connectivity index (χ2n) is 5.65. The maximum atomic E-state index is 5.50. The predicted octanol–water partition coefficient (Wildman–Crippen LogP) is 5.28. The third-order valence-electron chi connectivity index (χ3n) is 4.26. The van der Waals surface area contributed by atoms with Gasteiger partial charge >= 0.3 is 0 Å². The molecule has 0 bridgehead atoms. The van der Waals surface area contributed by atoms with E-state index < -0.39 is 0 Å². The average molecular weight is 405 g/mol. The molecule has 0 unspecified atom stereocenters. The van der Waals surface area contributed by atoms with Gasteiger partial charge in [-0.1, -0.05) is 35.2 Å². The van der Waals surface area contributed by atoms with E-state index in [1.807, 2.05) is 6.07 Å². The molecule has 1 fully saturated rings.